The van der Waals surface area contributed by atoms with E-state index in [1.807, 2.05) is 0 Å². The van der Waals surface area contributed by atoms with Gasteiger partial charge in [-0.1, -0.05) is 0 Å². The highest BCUT2D eigenvalue weighted by atomic mass is 35.5. The van der Waals surface area contributed by atoms with Crippen molar-refractivity contribution in [2.24, 2.45) is 0 Å². The monoisotopic (exact) mass is 306 g/mol. The van der Waals surface area contributed by atoms with Gasteiger partial charge >= 0.3 is 5.69 Å². The van der Waals surface area contributed by atoms with Gasteiger partial charge in [-0.25, -0.2) is 13.4 Å². The topological polar surface area (TPSA) is 115 Å². The minimum absolute atomic E-state index is 0.0629. The quantitative estimate of drug-likeness (QED) is 0.501. The van der Waals surface area contributed by atoms with Crippen LogP contribution in [0.2, 0.25) is 5.28 Å². The van der Waals surface area contributed by atoms with Crippen molar-refractivity contribution >= 4 is 32.9 Å². The zero-order chi connectivity index (χ0) is 14.0. The van der Waals surface area contributed by atoms with E-state index >= 15 is 0 Å². The fourth-order valence-corrected chi connectivity index (χ4v) is 3.81. The number of aromatic nitrogens is 2. The van der Waals surface area contributed by atoms with E-state index in [1.54, 1.807) is 0 Å². The molecule has 1 aromatic rings. The van der Waals surface area contributed by atoms with Gasteiger partial charge in [-0.2, -0.15) is 4.98 Å². The summed E-state index contributed by atoms with van der Waals surface area (Å²) in [5.41, 5.74) is -0.334. The van der Waals surface area contributed by atoms with Crippen LogP contribution in [0.25, 0.3) is 0 Å². The lowest BCUT2D eigenvalue weighted by Crippen LogP contribution is -2.25. The number of hydrogen-bond donors (Lipinski definition) is 1. The minimum Gasteiger partial charge on any atom is -0.363 e. The normalized spacial score (nSPS) is 21.2. The summed E-state index contributed by atoms with van der Waals surface area (Å²) in [6, 6.07) is 0. The van der Waals surface area contributed by atoms with Crippen LogP contribution in [0.4, 0.5) is 11.5 Å². The first kappa shape index (κ1) is 13.9. The number of halogens is 1. The molecule has 1 N–H and O–H groups in total. The second-order valence-corrected chi connectivity index (χ2v) is 6.88. The van der Waals surface area contributed by atoms with Gasteiger partial charge in [-0.05, 0) is 24.4 Å². The lowest BCUT2D eigenvalue weighted by atomic mass is 10.2. The summed E-state index contributed by atoms with van der Waals surface area (Å²) in [6.07, 6.45) is 2.14. The van der Waals surface area contributed by atoms with Gasteiger partial charge in [0.2, 0.25) is 11.1 Å². The maximum absolute atomic E-state index is 11.6. The van der Waals surface area contributed by atoms with Crippen molar-refractivity contribution in [2.45, 2.75) is 18.1 Å². The standard InChI is InChI=1S/C9H11ClN4O4S/c10-9-12-5-7(14(15)16)8(13-9)11-4-6-2-1-3-19(6,17)18/h5-6H,1-4H2,(H,11,12,13). The first-order valence-electron chi connectivity index (χ1n) is 5.52. The fourth-order valence-electron chi connectivity index (χ4n) is 1.92. The van der Waals surface area contributed by atoms with Crippen LogP contribution in [0.1, 0.15) is 12.8 Å². The van der Waals surface area contributed by atoms with Crippen LogP contribution in [-0.4, -0.2) is 40.9 Å². The van der Waals surface area contributed by atoms with E-state index in [0.29, 0.717) is 12.8 Å². The molecule has 1 fully saturated rings. The summed E-state index contributed by atoms with van der Waals surface area (Å²) in [5, 5.41) is 12.8. The zero-order valence-electron chi connectivity index (χ0n) is 9.74. The summed E-state index contributed by atoms with van der Waals surface area (Å²) in [6.45, 7) is 0.0799. The number of nitro groups is 1. The average Bonchev–Trinajstić information content (AvgIpc) is 2.65. The molecule has 2 rings (SSSR count). The number of sulfone groups is 1. The van der Waals surface area contributed by atoms with Gasteiger partial charge in [-0.15, -0.1) is 0 Å². The molecule has 1 aliphatic rings. The van der Waals surface area contributed by atoms with Crippen molar-refractivity contribution in [1.82, 2.24) is 9.97 Å². The molecule has 10 heteroatoms. The lowest BCUT2D eigenvalue weighted by Gasteiger charge is -2.11. The molecule has 8 nitrogen and oxygen atoms in total. The summed E-state index contributed by atoms with van der Waals surface area (Å²) in [5.74, 6) is 0.0958. The highest BCUT2D eigenvalue weighted by Crippen LogP contribution is 2.24. The van der Waals surface area contributed by atoms with Gasteiger partial charge in [-0.3, -0.25) is 10.1 Å². The third-order valence-electron chi connectivity index (χ3n) is 2.90. The van der Waals surface area contributed by atoms with Crippen molar-refractivity contribution < 1.29 is 13.3 Å². The summed E-state index contributed by atoms with van der Waals surface area (Å²) < 4.78 is 23.3. The Labute approximate surface area is 114 Å². The minimum atomic E-state index is -3.11. The molecular formula is C9H11ClN4O4S. The van der Waals surface area contributed by atoms with Crippen LogP contribution in [0.15, 0.2) is 6.20 Å². The first-order valence-corrected chi connectivity index (χ1v) is 7.62. The molecule has 1 aromatic heterocycles. The van der Waals surface area contributed by atoms with Crippen LogP contribution >= 0.6 is 11.6 Å². The van der Waals surface area contributed by atoms with Gasteiger partial charge in [0.05, 0.1) is 15.9 Å². The Morgan fingerprint density at radius 1 is 1.58 bits per heavy atom. The number of rotatable bonds is 4. The second kappa shape index (κ2) is 5.25. The number of anilines is 1. The van der Waals surface area contributed by atoms with Crippen molar-refractivity contribution in [3.63, 3.8) is 0 Å². The Bertz CT molecular complexity index is 606. The van der Waals surface area contributed by atoms with Gasteiger partial charge < -0.3 is 5.32 Å². The molecule has 19 heavy (non-hydrogen) atoms. The number of nitrogens with one attached hydrogen (secondary N) is 1. The maximum atomic E-state index is 11.6. The molecule has 1 aliphatic heterocycles. The Kier molecular flexibility index (Phi) is 3.85. The molecule has 0 bridgehead atoms. The highest BCUT2D eigenvalue weighted by molar-refractivity contribution is 7.92. The van der Waals surface area contributed by atoms with E-state index in [-0.39, 0.29) is 29.1 Å². The van der Waals surface area contributed by atoms with Crippen molar-refractivity contribution in [2.75, 3.05) is 17.6 Å². The van der Waals surface area contributed by atoms with Crippen LogP contribution in [0, 0.1) is 10.1 Å². The molecule has 0 aromatic carbocycles. The van der Waals surface area contributed by atoms with Crippen LogP contribution < -0.4 is 5.32 Å². The third kappa shape index (κ3) is 3.10. The lowest BCUT2D eigenvalue weighted by molar-refractivity contribution is -0.384. The van der Waals surface area contributed by atoms with Crippen molar-refractivity contribution in [3.05, 3.63) is 21.6 Å². The fraction of sp³-hybridized carbons (Fsp3) is 0.556. The van der Waals surface area contributed by atoms with E-state index in [2.05, 4.69) is 15.3 Å². The average molecular weight is 307 g/mol. The molecule has 0 amide bonds. The maximum Gasteiger partial charge on any atom is 0.329 e. The van der Waals surface area contributed by atoms with Crippen molar-refractivity contribution in [1.29, 1.82) is 0 Å². The molecular weight excluding hydrogens is 296 g/mol. The molecule has 1 atom stereocenters. The smallest absolute Gasteiger partial charge is 0.329 e. The molecule has 0 saturated carbocycles. The number of hydrogen-bond acceptors (Lipinski definition) is 7. The van der Waals surface area contributed by atoms with Gasteiger partial charge in [0.1, 0.15) is 6.20 Å². The molecule has 104 valence electrons. The highest BCUT2D eigenvalue weighted by Gasteiger charge is 2.31. The molecule has 0 aliphatic carbocycles. The molecule has 1 unspecified atom stereocenters. The van der Waals surface area contributed by atoms with E-state index in [9.17, 15) is 18.5 Å². The van der Waals surface area contributed by atoms with E-state index in [1.165, 1.54) is 0 Å². The largest absolute Gasteiger partial charge is 0.363 e. The second-order valence-electron chi connectivity index (χ2n) is 4.14. The van der Waals surface area contributed by atoms with Crippen LogP contribution in [0.3, 0.4) is 0 Å². The summed E-state index contributed by atoms with van der Waals surface area (Å²) >= 11 is 5.57. The van der Waals surface area contributed by atoms with E-state index in [0.717, 1.165) is 6.20 Å². The van der Waals surface area contributed by atoms with E-state index < -0.39 is 20.0 Å². The molecule has 0 radical (unpaired) electrons. The van der Waals surface area contributed by atoms with Crippen LogP contribution in [-0.2, 0) is 9.84 Å². The number of nitrogens with zero attached hydrogens (tertiary/aromatic N) is 3. The Balaban J connectivity index is 2.15. The predicted octanol–water partition coefficient (Wildman–Crippen LogP) is 1.03. The van der Waals surface area contributed by atoms with E-state index in [4.69, 9.17) is 11.6 Å². The molecule has 1 saturated heterocycles. The predicted molar refractivity (Wildman–Crippen MR) is 69.0 cm³/mol. The van der Waals surface area contributed by atoms with Gasteiger partial charge in [0.15, 0.2) is 9.84 Å². The Morgan fingerprint density at radius 3 is 2.89 bits per heavy atom. The SMILES string of the molecule is O=[N+]([O-])c1cnc(Cl)nc1NCC1CCCS1(=O)=O. The zero-order valence-corrected chi connectivity index (χ0v) is 11.3. The summed E-state index contributed by atoms with van der Waals surface area (Å²) in [7, 11) is -3.11. The van der Waals surface area contributed by atoms with Gasteiger partial charge in [0, 0.05) is 6.54 Å². The summed E-state index contributed by atoms with van der Waals surface area (Å²) in [4.78, 5) is 17.4. The Morgan fingerprint density at radius 2 is 2.32 bits per heavy atom. The Hall–Kier alpha value is -1.48. The first-order chi connectivity index (χ1) is 8.90. The third-order valence-corrected chi connectivity index (χ3v) is 5.35. The molecule has 2 heterocycles. The van der Waals surface area contributed by atoms with Gasteiger partial charge in [0.25, 0.3) is 0 Å². The van der Waals surface area contributed by atoms with Crippen molar-refractivity contribution in [3.8, 4) is 0 Å². The van der Waals surface area contributed by atoms with Crippen LogP contribution in [0.5, 0.6) is 0 Å². The molecule has 0 spiro atoms.